The number of hydrogen-bond acceptors (Lipinski definition) is 1. The molecule has 0 saturated heterocycles. The van der Waals surface area contributed by atoms with Crippen molar-refractivity contribution in [1.29, 1.82) is 0 Å². The first-order valence-corrected chi connectivity index (χ1v) is 5.00. The van der Waals surface area contributed by atoms with Gasteiger partial charge in [-0.3, -0.25) is 0 Å². The number of benzene rings is 1. The van der Waals surface area contributed by atoms with Crippen LogP contribution in [-0.4, -0.2) is 0 Å². The molecule has 15 heavy (non-hydrogen) atoms. The SMILES string of the molecule is C=Cc1cc(C)ccc1-c1ccc(C)o1. The molecule has 1 nitrogen and oxygen atoms in total. The lowest BCUT2D eigenvalue weighted by molar-refractivity contribution is 0.548. The predicted molar refractivity (Wildman–Crippen MR) is 63.7 cm³/mol. The van der Waals surface area contributed by atoms with Crippen molar-refractivity contribution >= 4 is 6.08 Å². The third kappa shape index (κ3) is 1.86. The van der Waals surface area contributed by atoms with Crippen molar-refractivity contribution in [2.24, 2.45) is 0 Å². The second-order valence-electron chi connectivity index (χ2n) is 3.71. The Labute approximate surface area is 90.1 Å². The van der Waals surface area contributed by atoms with E-state index in [1.165, 1.54) is 5.56 Å². The molecule has 1 aromatic carbocycles. The topological polar surface area (TPSA) is 13.1 Å². The van der Waals surface area contributed by atoms with E-state index < -0.39 is 0 Å². The molecule has 0 unspecified atom stereocenters. The van der Waals surface area contributed by atoms with Crippen molar-refractivity contribution in [1.82, 2.24) is 0 Å². The van der Waals surface area contributed by atoms with E-state index in [4.69, 9.17) is 4.42 Å². The maximum atomic E-state index is 5.60. The molecule has 0 bridgehead atoms. The number of hydrogen-bond donors (Lipinski definition) is 0. The van der Waals surface area contributed by atoms with Gasteiger partial charge in [0.05, 0.1) is 0 Å². The first-order valence-electron chi connectivity index (χ1n) is 5.00. The molecular weight excluding hydrogens is 184 g/mol. The monoisotopic (exact) mass is 198 g/mol. The van der Waals surface area contributed by atoms with Crippen LogP contribution in [-0.2, 0) is 0 Å². The van der Waals surface area contributed by atoms with Crippen LogP contribution in [0.3, 0.4) is 0 Å². The minimum atomic E-state index is 0.905. The highest BCUT2D eigenvalue weighted by Crippen LogP contribution is 2.27. The molecule has 76 valence electrons. The molecule has 0 saturated carbocycles. The van der Waals surface area contributed by atoms with Crippen molar-refractivity contribution in [3.05, 3.63) is 53.8 Å². The fraction of sp³-hybridized carbons (Fsp3) is 0.143. The molecule has 1 heteroatoms. The molecule has 0 N–H and O–H groups in total. The largest absolute Gasteiger partial charge is 0.461 e. The van der Waals surface area contributed by atoms with Crippen LogP contribution < -0.4 is 0 Å². The van der Waals surface area contributed by atoms with Gasteiger partial charge in [0.1, 0.15) is 11.5 Å². The van der Waals surface area contributed by atoms with Gasteiger partial charge < -0.3 is 4.42 Å². The first kappa shape index (κ1) is 9.78. The third-order valence-corrected chi connectivity index (χ3v) is 2.43. The van der Waals surface area contributed by atoms with Gasteiger partial charge in [-0.2, -0.15) is 0 Å². The Kier molecular flexibility index (Phi) is 2.46. The average Bonchev–Trinajstić information content (AvgIpc) is 2.64. The molecule has 2 rings (SSSR count). The Hall–Kier alpha value is -1.76. The Morgan fingerprint density at radius 3 is 2.53 bits per heavy atom. The van der Waals surface area contributed by atoms with E-state index in [1.54, 1.807) is 0 Å². The number of rotatable bonds is 2. The maximum Gasteiger partial charge on any atom is 0.134 e. The lowest BCUT2D eigenvalue weighted by atomic mass is 10.0. The smallest absolute Gasteiger partial charge is 0.134 e. The normalized spacial score (nSPS) is 10.3. The highest BCUT2D eigenvalue weighted by atomic mass is 16.3. The zero-order chi connectivity index (χ0) is 10.8. The summed E-state index contributed by atoms with van der Waals surface area (Å²) in [4.78, 5) is 0. The second kappa shape index (κ2) is 3.77. The summed E-state index contributed by atoms with van der Waals surface area (Å²) in [6.45, 7) is 7.85. The summed E-state index contributed by atoms with van der Waals surface area (Å²) in [7, 11) is 0. The molecule has 0 amide bonds. The minimum Gasteiger partial charge on any atom is -0.461 e. The highest BCUT2D eigenvalue weighted by molar-refractivity contribution is 5.72. The lowest BCUT2D eigenvalue weighted by Crippen LogP contribution is -1.82. The molecular formula is C14H14O. The van der Waals surface area contributed by atoms with E-state index in [2.05, 4.69) is 31.7 Å². The van der Waals surface area contributed by atoms with Crippen molar-refractivity contribution in [2.75, 3.05) is 0 Å². The van der Waals surface area contributed by atoms with Gasteiger partial charge in [0, 0.05) is 5.56 Å². The molecule has 2 aromatic rings. The van der Waals surface area contributed by atoms with Gasteiger partial charge in [-0.25, -0.2) is 0 Å². The summed E-state index contributed by atoms with van der Waals surface area (Å²) in [6, 6.07) is 10.2. The van der Waals surface area contributed by atoms with Crippen LogP contribution in [0, 0.1) is 13.8 Å². The van der Waals surface area contributed by atoms with E-state index in [-0.39, 0.29) is 0 Å². The van der Waals surface area contributed by atoms with Crippen LogP contribution in [0.2, 0.25) is 0 Å². The van der Waals surface area contributed by atoms with Crippen molar-refractivity contribution in [3.63, 3.8) is 0 Å². The summed E-state index contributed by atoms with van der Waals surface area (Å²) in [5.74, 6) is 1.84. The molecule has 0 atom stereocenters. The van der Waals surface area contributed by atoms with Gasteiger partial charge in [0.2, 0.25) is 0 Å². The Morgan fingerprint density at radius 2 is 1.93 bits per heavy atom. The van der Waals surface area contributed by atoms with Gasteiger partial charge in [0.15, 0.2) is 0 Å². The molecule has 0 radical (unpaired) electrons. The van der Waals surface area contributed by atoms with Gasteiger partial charge >= 0.3 is 0 Å². The van der Waals surface area contributed by atoms with Crippen LogP contribution in [0.25, 0.3) is 17.4 Å². The Morgan fingerprint density at radius 1 is 1.13 bits per heavy atom. The fourth-order valence-corrected chi connectivity index (χ4v) is 1.65. The van der Waals surface area contributed by atoms with E-state index >= 15 is 0 Å². The molecule has 1 heterocycles. The summed E-state index contributed by atoms with van der Waals surface area (Å²) in [5.41, 5.74) is 3.45. The maximum absolute atomic E-state index is 5.60. The fourth-order valence-electron chi connectivity index (χ4n) is 1.65. The quantitative estimate of drug-likeness (QED) is 0.704. The van der Waals surface area contributed by atoms with Gasteiger partial charge in [0.25, 0.3) is 0 Å². The Balaban J connectivity index is 2.57. The lowest BCUT2D eigenvalue weighted by Gasteiger charge is -2.04. The van der Waals surface area contributed by atoms with E-state index in [0.29, 0.717) is 0 Å². The number of aryl methyl sites for hydroxylation is 2. The van der Waals surface area contributed by atoms with Crippen LogP contribution in [0.1, 0.15) is 16.9 Å². The van der Waals surface area contributed by atoms with Crippen molar-refractivity contribution < 1.29 is 4.42 Å². The number of furan rings is 1. The highest BCUT2D eigenvalue weighted by Gasteiger charge is 2.06. The minimum absolute atomic E-state index is 0.905. The molecule has 0 aliphatic carbocycles. The van der Waals surface area contributed by atoms with Crippen LogP contribution in [0.4, 0.5) is 0 Å². The van der Waals surface area contributed by atoms with E-state index in [1.807, 2.05) is 25.1 Å². The molecule has 0 aliphatic rings. The molecule has 0 aliphatic heterocycles. The Bertz CT molecular complexity index is 492. The van der Waals surface area contributed by atoms with Gasteiger partial charge in [-0.1, -0.05) is 36.4 Å². The summed E-state index contributed by atoms with van der Waals surface area (Å²) >= 11 is 0. The summed E-state index contributed by atoms with van der Waals surface area (Å²) in [6.07, 6.45) is 1.86. The molecule has 0 spiro atoms. The van der Waals surface area contributed by atoms with Crippen LogP contribution >= 0.6 is 0 Å². The second-order valence-corrected chi connectivity index (χ2v) is 3.71. The van der Waals surface area contributed by atoms with Crippen LogP contribution in [0.15, 0.2) is 41.3 Å². The molecule has 1 aromatic heterocycles. The van der Waals surface area contributed by atoms with Gasteiger partial charge in [-0.05, 0) is 31.5 Å². The summed E-state index contributed by atoms with van der Waals surface area (Å²) in [5, 5.41) is 0. The van der Waals surface area contributed by atoms with Crippen molar-refractivity contribution in [2.45, 2.75) is 13.8 Å². The van der Waals surface area contributed by atoms with Crippen LogP contribution in [0.5, 0.6) is 0 Å². The van der Waals surface area contributed by atoms with E-state index in [9.17, 15) is 0 Å². The van der Waals surface area contributed by atoms with Gasteiger partial charge in [-0.15, -0.1) is 0 Å². The van der Waals surface area contributed by atoms with Crippen molar-refractivity contribution in [3.8, 4) is 11.3 Å². The van der Waals surface area contributed by atoms with E-state index in [0.717, 1.165) is 22.6 Å². The zero-order valence-electron chi connectivity index (χ0n) is 9.08. The summed E-state index contributed by atoms with van der Waals surface area (Å²) < 4.78 is 5.60. The third-order valence-electron chi connectivity index (χ3n) is 2.43. The zero-order valence-corrected chi connectivity index (χ0v) is 9.08. The first-order chi connectivity index (χ1) is 7.20. The predicted octanol–water partition coefficient (Wildman–Crippen LogP) is 4.21. The average molecular weight is 198 g/mol. The molecule has 0 fully saturated rings. The standard InChI is InChI=1S/C14H14O/c1-4-12-9-10(2)5-7-13(12)14-8-6-11(3)15-14/h4-9H,1H2,2-3H3.